The Labute approximate surface area is 91.2 Å². The summed E-state index contributed by atoms with van der Waals surface area (Å²) in [5, 5.41) is 0. The van der Waals surface area contributed by atoms with Gasteiger partial charge < -0.3 is 15.2 Å². The summed E-state index contributed by atoms with van der Waals surface area (Å²) in [6.07, 6.45) is 0.210. The van der Waals surface area contributed by atoms with Crippen LogP contribution in [0, 0.1) is 0 Å². The van der Waals surface area contributed by atoms with Gasteiger partial charge in [0.1, 0.15) is 5.75 Å². The first-order chi connectivity index (χ1) is 7.13. The minimum Gasteiger partial charge on any atom is -0.497 e. The zero-order valence-electron chi connectivity index (χ0n) is 9.57. The largest absolute Gasteiger partial charge is 0.497 e. The third kappa shape index (κ3) is 3.90. The van der Waals surface area contributed by atoms with E-state index in [0.717, 1.165) is 11.3 Å². The molecule has 84 valence electrons. The molecule has 0 aromatic heterocycles. The molecule has 0 fully saturated rings. The Morgan fingerprint density at radius 1 is 1.33 bits per heavy atom. The third-order valence-electron chi connectivity index (χ3n) is 2.13. The van der Waals surface area contributed by atoms with Gasteiger partial charge in [-0.25, -0.2) is 0 Å². The van der Waals surface area contributed by atoms with E-state index < -0.39 is 0 Å². The molecule has 0 bridgehead atoms. The van der Waals surface area contributed by atoms with Gasteiger partial charge in [-0.1, -0.05) is 12.1 Å². The lowest BCUT2D eigenvalue weighted by Gasteiger charge is -2.15. The van der Waals surface area contributed by atoms with Gasteiger partial charge in [0.2, 0.25) is 0 Å². The van der Waals surface area contributed by atoms with E-state index in [1.807, 2.05) is 38.1 Å². The van der Waals surface area contributed by atoms with Gasteiger partial charge in [-0.05, 0) is 31.5 Å². The molecule has 3 heteroatoms. The average molecular weight is 209 g/mol. The van der Waals surface area contributed by atoms with Gasteiger partial charge in [0.15, 0.2) is 0 Å². The van der Waals surface area contributed by atoms with Crippen molar-refractivity contribution < 1.29 is 9.47 Å². The highest BCUT2D eigenvalue weighted by atomic mass is 16.5. The molecule has 1 rings (SSSR count). The molecule has 0 saturated carbocycles. The first kappa shape index (κ1) is 12.0. The van der Waals surface area contributed by atoms with E-state index in [-0.39, 0.29) is 12.1 Å². The van der Waals surface area contributed by atoms with Crippen LogP contribution in [0.15, 0.2) is 24.3 Å². The van der Waals surface area contributed by atoms with E-state index in [2.05, 4.69) is 0 Å². The van der Waals surface area contributed by atoms with Gasteiger partial charge in [-0.3, -0.25) is 0 Å². The summed E-state index contributed by atoms with van der Waals surface area (Å²) in [5.74, 6) is 0.826. The average Bonchev–Trinajstić information content (AvgIpc) is 2.26. The molecule has 1 unspecified atom stereocenters. The fourth-order valence-corrected chi connectivity index (χ4v) is 1.26. The molecule has 0 amide bonds. The summed E-state index contributed by atoms with van der Waals surface area (Å²) >= 11 is 0. The van der Waals surface area contributed by atoms with E-state index in [1.54, 1.807) is 7.11 Å². The molecule has 1 atom stereocenters. The molecule has 0 spiro atoms. The molecule has 0 aliphatic heterocycles. The van der Waals surface area contributed by atoms with Crippen LogP contribution in [0.1, 0.15) is 25.5 Å². The highest BCUT2D eigenvalue weighted by molar-refractivity contribution is 5.30. The van der Waals surface area contributed by atoms with Gasteiger partial charge in [0.05, 0.1) is 25.9 Å². The molecule has 0 aliphatic carbocycles. The second kappa shape index (κ2) is 5.73. The number of hydrogen-bond donors (Lipinski definition) is 1. The van der Waals surface area contributed by atoms with Gasteiger partial charge >= 0.3 is 0 Å². The van der Waals surface area contributed by atoms with Crippen molar-refractivity contribution >= 4 is 0 Å². The lowest BCUT2D eigenvalue weighted by molar-refractivity contribution is 0.0683. The molecule has 3 nitrogen and oxygen atoms in total. The fraction of sp³-hybridized carbons (Fsp3) is 0.500. The van der Waals surface area contributed by atoms with Crippen molar-refractivity contribution in [2.75, 3.05) is 13.7 Å². The van der Waals surface area contributed by atoms with Crippen molar-refractivity contribution in [3.8, 4) is 5.75 Å². The van der Waals surface area contributed by atoms with Gasteiger partial charge in [-0.2, -0.15) is 0 Å². The predicted molar refractivity (Wildman–Crippen MR) is 61.0 cm³/mol. The summed E-state index contributed by atoms with van der Waals surface area (Å²) in [5.41, 5.74) is 7.02. The molecule has 15 heavy (non-hydrogen) atoms. The second-order valence-electron chi connectivity index (χ2n) is 3.77. The van der Waals surface area contributed by atoms with Crippen molar-refractivity contribution in [1.29, 1.82) is 0 Å². The van der Waals surface area contributed by atoms with Crippen LogP contribution in [-0.2, 0) is 4.74 Å². The van der Waals surface area contributed by atoms with Crippen LogP contribution in [0.4, 0.5) is 0 Å². The Kier molecular flexibility index (Phi) is 4.59. The zero-order chi connectivity index (χ0) is 11.3. The van der Waals surface area contributed by atoms with Crippen LogP contribution in [0.2, 0.25) is 0 Å². The summed E-state index contributed by atoms with van der Waals surface area (Å²) in [4.78, 5) is 0. The van der Waals surface area contributed by atoms with E-state index in [9.17, 15) is 0 Å². The predicted octanol–water partition coefficient (Wildman–Crippen LogP) is 2.12. The standard InChI is InChI=1S/C12H19NO2/c1-9(2)15-8-12(13)10-5-4-6-11(7-10)14-3/h4-7,9,12H,8,13H2,1-3H3. The smallest absolute Gasteiger partial charge is 0.119 e. The molecular formula is C12H19NO2. The molecular weight excluding hydrogens is 190 g/mol. The Morgan fingerprint density at radius 2 is 2.07 bits per heavy atom. The number of benzene rings is 1. The Hall–Kier alpha value is -1.06. The number of hydrogen-bond acceptors (Lipinski definition) is 3. The van der Waals surface area contributed by atoms with E-state index >= 15 is 0 Å². The number of ether oxygens (including phenoxy) is 2. The van der Waals surface area contributed by atoms with Crippen LogP contribution in [-0.4, -0.2) is 19.8 Å². The highest BCUT2D eigenvalue weighted by Crippen LogP contribution is 2.17. The first-order valence-corrected chi connectivity index (χ1v) is 5.14. The second-order valence-corrected chi connectivity index (χ2v) is 3.77. The molecule has 1 aromatic rings. The molecule has 2 N–H and O–H groups in total. The maximum absolute atomic E-state index is 5.99. The van der Waals surface area contributed by atoms with Crippen LogP contribution in [0.25, 0.3) is 0 Å². The lowest BCUT2D eigenvalue weighted by atomic mass is 10.1. The number of nitrogens with two attached hydrogens (primary N) is 1. The van der Waals surface area contributed by atoms with E-state index in [0.29, 0.717) is 6.61 Å². The minimum absolute atomic E-state index is 0.0949. The highest BCUT2D eigenvalue weighted by Gasteiger charge is 2.07. The van der Waals surface area contributed by atoms with Crippen molar-refractivity contribution in [3.63, 3.8) is 0 Å². The molecule has 0 aliphatic rings. The van der Waals surface area contributed by atoms with Crippen LogP contribution in [0.5, 0.6) is 5.75 Å². The Balaban J connectivity index is 2.60. The monoisotopic (exact) mass is 209 g/mol. The molecule has 0 radical (unpaired) electrons. The normalized spacial score (nSPS) is 12.9. The van der Waals surface area contributed by atoms with E-state index in [4.69, 9.17) is 15.2 Å². The van der Waals surface area contributed by atoms with Gasteiger partial charge in [0, 0.05) is 0 Å². The van der Waals surface area contributed by atoms with Crippen LogP contribution >= 0.6 is 0 Å². The minimum atomic E-state index is -0.0949. The molecule has 0 heterocycles. The third-order valence-corrected chi connectivity index (χ3v) is 2.13. The quantitative estimate of drug-likeness (QED) is 0.807. The van der Waals surface area contributed by atoms with Gasteiger partial charge in [-0.15, -0.1) is 0 Å². The summed E-state index contributed by atoms with van der Waals surface area (Å²) in [6.45, 7) is 4.53. The Morgan fingerprint density at radius 3 is 2.67 bits per heavy atom. The number of methoxy groups -OCH3 is 1. The van der Waals surface area contributed by atoms with Crippen molar-refractivity contribution in [2.45, 2.75) is 26.0 Å². The Bertz CT molecular complexity index is 299. The topological polar surface area (TPSA) is 44.5 Å². The molecule has 0 saturated heterocycles. The first-order valence-electron chi connectivity index (χ1n) is 5.14. The zero-order valence-corrected chi connectivity index (χ0v) is 9.57. The maximum atomic E-state index is 5.99. The molecule has 1 aromatic carbocycles. The van der Waals surface area contributed by atoms with E-state index in [1.165, 1.54) is 0 Å². The van der Waals surface area contributed by atoms with Crippen molar-refractivity contribution in [3.05, 3.63) is 29.8 Å². The van der Waals surface area contributed by atoms with Gasteiger partial charge in [0.25, 0.3) is 0 Å². The SMILES string of the molecule is COc1cccc(C(N)COC(C)C)c1. The summed E-state index contributed by atoms with van der Waals surface area (Å²) in [6, 6.07) is 7.66. The van der Waals surface area contributed by atoms with Crippen LogP contribution in [0.3, 0.4) is 0 Å². The lowest BCUT2D eigenvalue weighted by Crippen LogP contribution is -2.19. The summed E-state index contributed by atoms with van der Waals surface area (Å²) in [7, 11) is 1.65. The van der Waals surface area contributed by atoms with Crippen LogP contribution < -0.4 is 10.5 Å². The summed E-state index contributed by atoms with van der Waals surface area (Å²) < 4.78 is 10.6. The number of rotatable bonds is 5. The maximum Gasteiger partial charge on any atom is 0.119 e. The fourth-order valence-electron chi connectivity index (χ4n) is 1.26. The van der Waals surface area contributed by atoms with Crippen molar-refractivity contribution in [2.24, 2.45) is 5.73 Å². The van der Waals surface area contributed by atoms with Crippen molar-refractivity contribution in [1.82, 2.24) is 0 Å².